The van der Waals surface area contributed by atoms with E-state index in [1.165, 1.54) is 25.1 Å². The summed E-state index contributed by atoms with van der Waals surface area (Å²) in [4.78, 5) is 24.6. The van der Waals surface area contributed by atoms with Crippen molar-refractivity contribution >= 4 is 17.5 Å². The van der Waals surface area contributed by atoms with Crippen LogP contribution < -0.4 is 20.1 Å². The first kappa shape index (κ1) is 18.8. The first-order valence-corrected chi connectivity index (χ1v) is 8.95. The van der Waals surface area contributed by atoms with Gasteiger partial charge in [0.2, 0.25) is 5.91 Å². The smallest absolute Gasteiger partial charge is 0.259 e. The predicted octanol–water partition coefficient (Wildman–Crippen LogP) is 2.21. The average molecular weight is 372 g/mol. The quantitative estimate of drug-likeness (QED) is 0.777. The lowest BCUT2D eigenvalue weighted by molar-refractivity contribution is -0.122. The topological polar surface area (TPSA) is 94.5 Å². The van der Waals surface area contributed by atoms with Crippen molar-refractivity contribution in [2.24, 2.45) is 0 Å². The minimum Gasteiger partial charge on any atom is -0.493 e. The number of benzene rings is 1. The summed E-state index contributed by atoms with van der Waals surface area (Å²) in [5, 5.41) is 9.91. The van der Waals surface area contributed by atoms with Crippen LogP contribution in [0.25, 0.3) is 0 Å². The molecule has 1 saturated carbocycles. The number of hydrogen-bond donors (Lipinski definition) is 2. The van der Waals surface area contributed by atoms with Gasteiger partial charge in [0.15, 0.2) is 11.5 Å². The van der Waals surface area contributed by atoms with Crippen molar-refractivity contribution < 1.29 is 19.1 Å². The van der Waals surface area contributed by atoms with Crippen molar-refractivity contribution in [3.8, 4) is 11.5 Å². The zero-order valence-corrected chi connectivity index (χ0v) is 15.5. The number of anilines is 1. The molecule has 1 aliphatic rings. The van der Waals surface area contributed by atoms with Gasteiger partial charge in [-0.15, -0.1) is 0 Å². The number of para-hydroxylation sites is 1. The lowest BCUT2D eigenvalue weighted by atomic mass is 10.1. The Balaban J connectivity index is 1.62. The molecule has 0 bridgehead atoms. The second-order valence-electron chi connectivity index (χ2n) is 6.47. The van der Waals surface area contributed by atoms with E-state index in [1.54, 1.807) is 24.4 Å². The molecule has 144 valence electrons. The SMILES string of the molecule is COc1cccc(C(=O)Nc2cnn(CC(=O)NC3CCCC3)c2)c1OC. The van der Waals surface area contributed by atoms with Gasteiger partial charge >= 0.3 is 0 Å². The highest BCUT2D eigenvalue weighted by Crippen LogP contribution is 2.31. The second kappa shape index (κ2) is 8.57. The van der Waals surface area contributed by atoms with Crippen molar-refractivity contribution in [3.63, 3.8) is 0 Å². The Bertz CT molecular complexity index is 812. The summed E-state index contributed by atoms with van der Waals surface area (Å²) in [6.07, 6.45) is 7.53. The third-order valence-corrected chi connectivity index (χ3v) is 4.56. The Morgan fingerprint density at radius 3 is 2.70 bits per heavy atom. The van der Waals surface area contributed by atoms with E-state index in [0.29, 0.717) is 22.7 Å². The van der Waals surface area contributed by atoms with Crippen LogP contribution in [0.2, 0.25) is 0 Å². The molecule has 1 aliphatic carbocycles. The zero-order valence-electron chi connectivity index (χ0n) is 15.5. The molecule has 0 unspecified atom stereocenters. The standard InChI is InChI=1S/C19H24N4O4/c1-26-16-9-5-8-15(18(16)27-2)19(25)22-14-10-20-23(11-14)12-17(24)21-13-6-3-4-7-13/h5,8-11,13H,3-4,6-7,12H2,1-2H3,(H,21,24)(H,22,25). The van der Waals surface area contributed by atoms with E-state index in [9.17, 15) is 9.59 Å². The highest BCUT2D eigenvalue weighted by molar-refractivity contribution is 6.06. The van der Waals surface area contributed by atoms with Crippen LogP contribution in [0.4, 0.5) is 5.69 Å². The van der Waals surface area contributed by atoms with E-state index in [0.717, 1.165) is 25.7 Å². The minimum atomic E-state index is -0.347. The number of carbonyl (C=O) groups is 2. The number of amides is 2. The molecule has 1 heterocycles. The maximum absolute atomic E-state index is 12.6. The van der Waals surface area contributed by atoms with E-state index in [4.69, 9.17) is 9.47 Å². The van der Waals surface area contributed by atoms with E-state index in [-0.39, 0.29) is 24.4 Å². The van der Waals surface area contributed by atoms with Crippen LogP contribution >= 0.6 is 0 Å². The Labute approximate surface area is 157 Å². The molecular formula is C19H24N4O4. The highest BCUT2D eigenvalue weighted by Gasteiger charge is 2.19. The lowest BCUT2D eigenvalue weighted by Crippen LogP contribution is -2.35. The molecule has 1 aromatic carbocycles. The van der Waals surface area contributed by atoms with Crippen LogP contribution in [0, 0.1) is 0 Å². The fraction of sp³-hybridized carbons (Fsp3) is 0.421. The molecule has 0 radical (unpaired) electrons. The molecule has 8 heteroatoms. The van der Waals surface area contributed by atoms with Crippen LogP contribution in [0.15, 0.2) is 30.6 Å². The normalized spacial score (nSPS) is 14.0. The number of carbonyl (C=O) groups excluding carboxylic acids is 2. The molecule has 1 aromatic heterocycles. The number of nitrogens with zero attached hydrogens (tertiary/aromatic N) is 2. The molecule has 1 fully saturated rings. The zero-order chi connectivity index (χ0) is 19.2. The van der Waals surface area contributed by atoms with Crippen LogP contribution in [0.1, 0.15) is 36.0 Å². The third kappa shape index (κ3) is 4.58. The lowest BCUT2D eigenvalue weighted by Gasteiger charge is -2.12. The van der Waals surface area contributed by atoms with Crippen molar-refractivity contribution in [3.05, 3.63) is 36.2 Å². The van der Waals surface area contributed by atoms with Gasteiger partial charge in [0.25, 0.3) is 5.91 Å². The number of hydrogen-bond acceptors (Lipinski definition) is 5. The Morgan fingerprint density at radius 2 is 2.00 bits per heavy atom. The summed E-state index contributed by atoms with van der Waals surface area (Å²) >= 11 is 0. The molecule has 2 amide bonds. The van der Waals surface area contributed by atoms with Gasteiger partial charge in [0.05, 0.1) is 31.7 Å². The number of aromatic nitrogens is 2. The Kier molecular flexibility index (Phi) is 5.95. The van der Waals surface area contributed by atoms with Gasteiger partial charge < -0.3 is 20.1 Å². The molecule has 3 rings (SSSR count). The molecule has 8 nitrogen and oxygen atoms in total. The maximum atomic E-state index is 12.6. The summed E-state index contributed by atoms with van der Waals surface area (Å²) in [5.41, 5.74) is 0.849. The molecule has 0 saturated heterocycles. The monoisotopic (exact) mass is 372 g/mol. The van der Waals surface area contributed by atoms with E-state index in [2.05, 4.69) is 15.7 Å². The van der Waals surface area contributed by atoms with Crippen LogP contribution in [0.3, 0.4) is 0 Å². The highest BCUT2D eigenvalue weighted by atomic mass is 16.5. The molecule has 27 heavy (non-hydrogen) atoms. The van der Waals surface area contributed by atoms with Crippen LogP contribution in [-0.2, 0) is 11.3 Å². The van der Waals surface area contributed by atoms with E-state index < -0.39 is 0 Å². The number of ether oxygens (including phenoxy) is 2. The fourth-order valence-electron chi connectivity index (χ4n) is 3.27. The number of methoxy groups -OCH3 is 2. The summed E-state index contributed by atoms with van der Waals surface area (Å²) in [5.74, 6) is 0.420. The van der Waals surface area contributed by atoms with Crippen molar-refractivity contribution in [2.45, 2.75) is 38.3 Å². The Hall–Kier alpha value is -3.03. The van der Waals surface area contributed by atoms with Crippen molar-refractivity contribution in [2.75, 3.05) is 19.5 Å². The van der Waals surface area contributed by atoms with Gasteiger partial charge in [-0.3, -0.25) is 14.3 Å². The van der Waals surface area contributed by atoms with Gasteiger partial charge in [0.1, 0.15) is 6.54 Å². The number of nitrogens with one attached hydrogen (secondary N) is 2. The fourth-order valence-corrected chi connectivity index (χ4v) is 3.27. The predicted molar refractivity (Wildman–Crippen MR) is 100 cm³/mol. The largest absolute Gasteiger partial charge is 0.493 e. The summed E-state index contributed by atoms with van der Waals surface area (Å²) in [6, 6.07) is 5.35. The molecule has 2 N–H and O–H groups in total. The molecule has 2 aromatic rings. The average Bonchev–Trinajstić information content (AvgIpc) is 3.32. The van der Waals surface area contributed by atoms with Gasteiger partial charge in [0, 0.05) is 12.2 Å². The van der Waals surface area contributed by atoms with Crippen LogP contribution in [-0.4, -0.2) is 41.9 Å². The van der Waals surface area contributed by atoms with E-state index in [1.807, 2.05) is 0 Å². The van der Waals surface area contributed by atoms with Crippen LogP contribution in [0.5, 0.6) is 11.5 Å². The molecular weight excluding hydrogens is 348 g/mol. The third-order valence-electron chi connectivity index (χ3n) is 4.56. The second-order valence-corrected chi connectivity index (χ2v) is 6.47. The van der Waals surface area contributed by atoms with Gasteiger partial charge in [-0.2, -0.15) is 5.10 Å². The van der Waals surface area contributed by atoms with Gasteiger partial charge in [-0.05, 0) is 25.0 Å². The van der Waals surface area contributed by atoms with E-state index >= 15 is 0 Å². The van der Waals surface area contributed by atoms with Crippen molar-refractivity contribution in [1.82, 2.24) is 15.1 Å². The Morgan fingerprint density at radius 1 is 1.22 bits per heavy atom. The summed E-state index contributed by atoms with van der Waals surface area (Å²) < 4.78 is 12.0. The van der Waals surface area contributed by atoms with Gasteiger partial charge in [-0.1, -0.05) is 18.9 Å². The summed E-state index contributed by atoms with van der Waals surface area (Å²) in [6.45, 7) is 0.120. The van der Waals surface area contributed by atoms with Gasteiger partial charge in [-0.25, -0.2) is 0 Å². The first-order chi connectivity index (χ1) is 13.1. The molecule has 0 spiro atoms. The maximum Gasteiger partial charge on any atom is 0.259 e. The minimum absolute atomic E-state index is 0.0719. The molecule has 0 aliphatic heterocycles. The first-order valence-electron chi connectivity index (χ1n) is 8.95. The van der Waals surface area contributed by atoms with Crippen molar-refractivity contribution in [1.29, 1.82) is 0 Å². The number of rotatable bonds is 7. The molecule has 0 atom stereocenters. The summed E-state index contributed by atoms with van der Waals surface area (Å²) in [7, 11) is 3.00.